The van der Waals surface area contributed by atoms with E-state index in [1.165, 1.54) is 0 Å². The molecule has 98 valence electrons. The number of rotatable bonds is 6. The molecule has 0 aromatic heterocycles. The second-order valence-electron chi connectivity index (χ2n) is 4.45. The minimum absolute atomic E-state index is 0.275. The molecule has 1 aromatic carbocycles. The maximum Gasteiger partial charge on any atom is 0.231 e. The minimum Gasteiger partial charge on any atom is -0.489 e. The lowest BCUT2D eigenvalue weighted by Gasteiger charge is -2.13. The molecule has 0 bridgehead atoms. The first kappa shape index (κ1) is 12.8. The fraction of sp³-hybridized carbons (Fsp3) is 0.429. The van der Waals surface area contributed by atoms with E-state index in [9.17, 15) is 0 Å². The Kier molecular flexibility index (Phi) is 4.10. The van der Waals surface area contributed by atoms with Crippen LogP contribution in [-0.2, 0) is 6.54 Å². The smallest absolute Gasteiger partial charge is 0.231 e. The molecular formula is C14H19NO3. The summed E-state index contributed by atoms with van der Waals surface area (Å²) in [7, 11) is 0. The van der Waals surface area contributed by atoms with E-state index >= 15 is 0 Å². The lowest BCUT2D eigenvalue weighted by atomic mass is 10.1. The molecule has 1 aliphatic rings. The van der Waals surface area contributed by atoms with Gasteiger partial charge >= 0.3 is 0 Å². The van der Waals surface area contributed by atoms with Crippen molar-refractivity contribution in [3.8, 4) is 17.2 Å². The van der Waals surface area contributed by atoms with Crippen LogP contribution >= 0.6 is 0 Å². The SMILES string of the molecule is C=CCOc1cc2c(cc1CNC(C)C)OCO2. The first-order valence-corrected chi connectivity index (χ1v) is 6.10. The van der Waals surface area contributed by atoms with Gasteiger partial charge in [0.15, 0.2) is 11.5 Å². The van der Waals surface area contributed by atoms with Crippen LogP contribution in [0.15, 0.2) is 24.8 Å². The van der Waals surface area contributed by atoms with Crippen LogP contribution in [0.3, 0.4) is 0 Å². The highest BCUT2D eigenvalue weighted by Gasteiger charge is 2.17. The lowest BCUT2D eigenvalue weighted by molar-refractivity contribution is 0.174. The third-order valence-corrected chi connectivity index (χ3v) is 2.61. The van der Waals surface area contributed by atoms with Crippen LogP contribution in [-0.4, -0.2) is 19.4 Å². The van der Waals surface area contributed by atoms with Gasteiger partial charge in [0.1, 0.15) is 12.4 Å². The molecule has 4 heteroatoms. The number of ether oxygens (including phenoxy) is 3. The molecule has 0 saturated carbocycles. The van der Waals surface area contributed by atoms with Gasteiger partial charge in [0.05, 0.1) is 0 Å². The molecule has 0 radical (unpaired) electrons. The summed E-state index contributed by atoms with van der Waals surface area (Å²) < 4.78 is 16.4. The van der Waals surface area contributed by atoms with Gasteiger partial charge in [0.25, 0.3) is 0 Å². The van der Waals surface area contributed by atoms with Gasteiger partial charge in [-0.05, 0) is 6.07 Å². The van der Waals surface area contributed by atoms with Gasteiger partial charge in [-0.15, -0.1) is 0 Å². The zero-order valence-corrected chi connectivity index (χ0v) is 10.9. The molecule has 0 atom stereocenters. The van der Waals surface area contributed by atoms with Crippen molar-refractivity contribution in [1.29, 1.82) is 0 Å². The van der Waals surface area contributed by atoms with Gasteiger partial charge in [0.2, 0.25) is 6.79 Å². The van der Waals surface area contributed by atoms with Crippen LogP contribution in [0.1, 0.15) is 19.4 Å². The summed E-state index contributed by atoms with van der Waals surface area (Å²) in [5.41, 5.74) is 1.06. The Bertz CT molecular complexity index is 429. The molecule has 1 N–H and O–H groups in total. The summed E-state index contributed by atoms with van der Waals surface area (Å²) in [5.74, 6) is 2.33. The Hall–Kier alpha value is -1.68. The largest absolute Gasteiger partial charge is 0.489 e. The second kappa shape index (κ2) is 5.78. The van der Waals surface area contributed by atoms with E-state index in [2.05, 4.69) is 25.7 Å². The summed E-state index contributed by atoms with van der Waals surface area (Å²) in [4.78, 5) is 0. The van der Waals surface area contributed by atoms with Crippen LogP contribution in [0.25, 0.3) is 0 Å². The highest BCUT2D eigenvalue weighted by Crippen LogP contribution is 2.38. The van der Waals surface area contributed by atoms with Crippen LogP contribution in [0, 0.1) is 0 Å². The number of hydrogen-bond donors (Lipinski definition) is 1. The Morgan fingerprint density at radius 2 is 2.11 bits per heavy atom. The Morgan fingerprint density at radius 1 is 1.39 bits per heavy atom. The van der Waals surface area contributed by atoms with E-state index in [0.29, 0.717) is 12.6 Å². The van der Waals surface area contributed by atoms with E-state index in [0.717, 1.165) is 29.4 Å². The number of benzene rings is 1. The van der Waals surface area contributed by atoms with Gasteiger partial charge in [-0.25, -0.2) is 0 Å². The zero-order valence-electron chi connectivity index (χ0n) is 10.9. The molecule has 0 spiro atoms. The summed E-state index contributed by atoms with van der Waals surface area (Å²) in [6, 6.07) is 4.27. The molecule has 1 heterocycles. The average Bonchev–Trinajstić information content (AvgIpc) is 2.79. The maximum atomic E-state index is 5.65. The summed E-state index contributed by atoms with van der Waals surface area (Å²) in [6.45, 7) is 9.36. The molecule has 2 rings (SSSR count). The quantitative estimate of drug-likeness (QED) is 0.786. The maximum absolute atomic E-state index is 5.65. The normalized spacial score (nSPS) is 12.8. The van der Waals surface area contributed by atoms with E-state index < -0.39 is 0 Å². The third-order valence-electron chi connectivity index (χ3n) is 2.61. The highest BCUT2D eigenvalue weighted by atomic mass is 16.7. The van der Waals surface area contributed by atoms with Crippen LogP contribution in [0.2, 0.25) is 0 Å². The second-order valence-corrected chi connectivity index (χ2v) is 4.45. The number of nitrogens with one attached hydrogen (secondary N) is 1. The van der Waals surface area contributed by atoms with Gasteiger partial charge in [-0.3, -0.25) is 0 Å². The third kappa shape index (κ3) is 2.96. The number of hydrogen-bond acceptors (Lipinski definition) is 4. The van der Waals surface area contributed by atoms with E-state index in [-0.39, 0.29) is 6.79 Å². The van der Waals surface area contributed by atoms with Crippen molar-refractivity contribution < 1.29 is 14.2 Å². The Morgan fingerprint density at radius 3 is 2.78 bits per heavy atom. The van der Waals surface area contributed by atoms with E-state index in [1.54, 1.807) is 6.08 Å². The highest BCUT2D eigenvalue weighted by molar-refractivity contribution is 5.51. The molecule has 1 aliphatic heterocycles. The first-order valence-electron chi connectivity index (χ1n) is 6.10. The zero-order chi connectivity index (χ0) is 13.0. The number of fused-ring (bicyclic) bond motifs is 1. The van der Waals surface area contributed by atoms with Crippen molar-refractivity contribution in [3.63, 3.8) is 0 Å². The van der Waals surface area contributed by atoms with Crippen molar-refractivity contribution in [1.82, 2.24) is 5.32 Å². The van der Waals surface area contributed by atoms with Crippen LogP contribution in [0.4, 0.5) is 0 Å². The molecular weight excluding hydrogens is 230 g/mol. The average molecular weight is 249 g/mol. The fourth-order valence-electron chi connectivity index (χ4n) is 1.70. The van der Waals surface area contributed by atoms with Crippen molar-refractivity contribution in [2.45, 2.75) is 26.4 Å². The topological polar surface area (TPSA) is 39.7 Å². The van der Waals surface area contributed by atoms with Crippen molar-refractivity contribution in [2.75, 3.05) is 13.4 Å². The van der Waals surface area contributed by atoms with Crippen molar-refractivity contribution in [2.24, 2.45) is 0 Å². The molecule has 0 saturated heterocycles. The van der Waals surface area contributed by atoms with Crippen LogP contribution in [0.5, 0.6) is 17.2 Å². The predicted octanol–water partition coefficient (Wildman–Crippen LogP) is 2.48. The Labute approximate surface area is 108 Å². The molecule has 18 heavy (non-hydrogen) atoms. The molecule has 0 amide bonds. The van der Waals surface area contributed by atoms with Crippen LogP contribution < -0.4 is 19.5 Å². The predicted molar refractivity (Wildman–Crippen MR) is 70.2 cm³/mol. The summed E-state index contributed by atoms with van der Waals surface area (Å²) in [6.07, 6.45) is 1.73. The monoisotopic (exact) mass is 249 g/mol. The van der Waals surface area contributed by atoms with Gasteiger partial charge in [0, 0.05) is 24.2 Å². The molecule has 1 aromatic rings. The summed E-state index contributed by atoms with van der Waals surface area (Å²) in [5, 5.41) is 3.37. The Balaban J connectivity index is 2.20. The van der Waals surface area contributed by atoms with E-state index in [4.69, 9.17) is 14.2 Å². The molecule has 4 nitrogen and oxygen atoms in total. The lowest BCUT2D eigenvalue weighted by Crippen LogP contribution is -2.22. The fourth-order valence-corrected chi connectivity index (χ4v) is 1.70. The van der Waals surface area contributed by atoms with Crippen molar-refractivity contribution >= 4 is 0 Å². The van der Waals surface area contributed by atoms with E-state index in [1.807, 2.05) is 12.1 Å². The van der Waals surface area contributed by atoms with Gasteiger partial charge in [-0.1, -0.05) is 26.5 Å². The standard InChI is InChI=1S/C14H19NO3/c1-4-5-16-12-7-14-13(17-9-18-14)6-11(12)8-15-10(2)3/h4,6-7,10,15H,1,5,8-9H2,2-3H3. The van der Waals surface area contributed by atoms with Crippen molar-refractivity contribution in [3.05, 3.63) is 30.4 Å². The minimum atomic E-state index is 0.275. The first-order chi connectivity index (χ1) is 8.70. The molecule has 0 fully saturated rings. The van der Waals surface area contributed by atoms with Gasteiger partial charge in [-0.2, -0.15) is 0 Å². The molecule has 0 unspecified atom stereocenters. The van der Waals surface area contributed by atoms with Gasteiger partial charge < -0.3 is 19.5 Å². The summed E-state index contributed by atoms with van der Waals surface area (Å²) >= 11 is 0. The molecule has 0 aliphatic carbocycles.